The molecule has 2 aromatic rings. The molecule has 6 heteroatoms. The smallest absolute Gasteiger partial charge is 0.243 e. The van der Waals surface area contributed by atoms with Gasteiger partial charge in [-0.3, -0.25) is 0 Å². The molecule has 0 radical (unpaired) electrons. The summed E-state index contributed by atoms with van der Waals surface area (Å²) in [6.45, 7) is 6.21. The number of fused-ring (bicyclic) bond motifs is 1. The van der Waals surface area contributed by atoms with E-state index in [1.807, 2.05) is 20.8 Å². The predicted molar refractivity (Wildman–Crippen MR) is 85.5 cm³/mol. The minimum absolute atomic E-state index is 0.0276. The summed E-state index contributed by atoms with van der Waals surface area (Å²) in [4.78, 5) is 4.48. The van der Waals surface area contributed by atoms with Crippen molar-refractivity contribution in [2.45, 2.75) is 38.1 Å². The van der Waals surface area contributed by atoms with E-state index in [1.54, 1.807) is 30.3 Å². The van der Waals surface area contributed by atoms with Crippen molar-refractivity contribution in [3.8, 4) is 0 Å². The molecule has 0 aliphatic rings. The van der Waals surface area contributed by atoms with Gasteiger partial charge < -0.3 is 5.73 Å². The van der Waals surface area contributed by atoms with E-state index in [2.05, 4.69) is 4.98 Å². The molecule has 1 heterocycles. The molecule has 0 aliphatic carbocycles. The maximum atomic E-state index is 12.8. The quantitative estimate of drug-likeness (QED) is 0.921. The zero-order valence-corrected chi connectivity index (χ0v) is 13.4. The Hall–Kier alpha value is -1.66. The SMILES string of the molecule is CCC(C)N(CC)S(=O)(=O)c1ccc2nc(N)ccc2c1. The van der Waals surface area contributed by atoms with Crippen molar-refractivity contribution in [1.29, 1.82) is 0 Å². The molecule has 2 N–H and O–H groups in total. The van der Waals surface area contributed by atoms with E-state index in [1.165, 1.54) is 4.31 Å². The molecule has 0 bridgehead atoms. The summed E-state index contributed by atoms with van der Waals surface area (Å²) in [7, 11) is -3.49. The van der Waals surface area contributed by atoms with Crippen LogP contribution in [0.4, 0.5) is 5.82 Å². The zero-order valence-electron chi connectivity index (χ0n) is 12.6. The first-order valence-corrected chi connectivity index (χ1v) is 8.52. The Labute approximate surface area is 125 Å². The lowest BCUT2D eigenvalue weighted by Gasteiger charge is -2.26. The first kappa shape index (κ1) is 15.7. The van der Waals surface area contributed by atoms with Gasteiger partial charge in [0.15, 0.2) is 0 Å². The van der Waals surface area contributed by atoms with E-state index >= 15 is 0 Å². The Balaban J connectivity index is 2.51. The van der Waals surface area contributed by atoms with Crippen LogP contribution in [0.2, 0.25) is 0 Å². The third kappa shape index (κ3) is 3.01. The molecule has 1 aromatic carbocycles. The third-order valence-electron chi connectivity index (χ3n) is 3.68. The van der Waals surface area contributed by atoms with Crippen LogP contribution < -0.4 is 5.73 Å². The number of anilines is 1. The molecule has 0 saturated heterocycles. The second kappa shape index (κ2) is 5.99. The fraction of sp³-hybridized carbons (Fsp3) is 0.400. The first-order chi connectivity index (χ1) is 9.90. The Morgan fingerprint density at radius 2 is 1.95 bits per heavy atom. The summed E-state index contributed by atoms with van der Waals surface area (Å²) in [6, 6.07) is 8.38. The summed E-state index contributed by atoms with van der Waals surface area (Å²) in [6.07, 6.45) is 0.777. The monoisotopic (exact) mass is 307 g/mol. The van der Waals surface area contributed by atoms with Crippen LogP contribution in [-0.4, -0.2) is 30.3 Å². The molecule has 0 amide bonds. The molecule has 1 atom stereocenters. The van der Waals surface area contributed by atoms with Crippen LogP contribution in [-0.2, 0) is 10.0 Å². The van der Waals surface area contributed by atoms with E-state index in [4.69, 9.17) is 5.73 Å². The van der Waals surface area contributed by atoms with Crippen molar-refractivity contribution >= 4 is 26.7 Å². The third-order valence-corrected chi connectivity index (χ3v) is 5.77. The average Bonchev–Trinajstić information content (AvgIpc) is 2.46. The van der Waals surface area contributed by atoms with Crippen molar-refractivity contribution in [1.82, 2.24) is 9.29 Å². The summed E-state index contributed by atoms with van der Waals surface area (Å²) in [5.74, 6) is 0.424. The normalized spacial score (nSPS) is 13.7. The number of sulfonamides is 1. The molecule has 2 rings (SSSR count). The summed E-state index contributed by atoms with van der Waals surface area (Å²) in [5.41, 5.74) is 6.33. The number of nitrogens with zero attached hydrogens (tertiary/aromatic N) is 2. The number of hydrogen-bond donors (Lipinski definition) is 1. The molecule has 21 heavy (non-hydrogen) atoms. The highest BCUT2D eigenvalue weighted by atomic mass is 32.2. The molecule has 0 aliphatic heterocycles. The Kier molecular flexibility index (Phi) is 4.49. The number of rotatable bonds is 5. The molecule has 0 fully saturated rings. The van der Waals surface area contributed by atoms with E-state index in [0.717, 1.165) is 11.8 Å². The van der Waals surface area contributed by atoms with Crippen LogP contribution >= 0.6 is 0 Å². The molecular weight excluding hydrogens is 286 g/mol. The van der Waals surface area contributed by atoms with Crippen molar-refractivity contribution in [2.75, 3.05) is 12.3 Å². The van der Waals surface area contributed by atoms with E-state index < -0.39 is 10.0 Å². The highest BCUT2D eigenvalue weighted by Gasteiger charge is 2.26. The zero-order chi connectivity index (χ0) is 15.6. The Morgan fingerprint density at radius 1 is 1.24 bits per heavy atom. The van der Waals surface area contributed by atoms with Gasteiger partial charge in [-0.05, 0) is 43.7 Å². The second-order valence-corrected chi connectivity index (χ2v) is 6.95. The molecular formula is C15H21N3O2S. The Bertz CT molecular complexity index is 744. The van der Waals surface area contributed by atoms with E-state index in [0.29, 0.717) is 22.8 Å². The van der Waals surface area contributed by atoms with E-state index in [9.17, 15) is 8.42 Å². The summed E-state index contributed by atoms with van der Waals surface area (Å²) < 4.78 is 27.0. The molecule has 0 spiro atoms. The number of aromatic nitrogens is 1. The minimum atomic E-state index is -3.49. The van der Waals surface area contributed by atoms with Gasteiger partial charge >= 0.3 is 0 Å². The average molecular weight is 307 g/mol. The minimum Gasteiger partial charge on any atom is -0.384 e. The van der Waals surface area contributed by atoms with Crippen LogP contribution in [0.3, 0.4) is 0 Å². The number of nitrogen functional groups attached to an aromatic ring is 1. The van der Waals surface area contributed by atoms with Crippen LogP contribution in [0, 0.1) is 0 Å². The van der Waals surface area contributed by atoms with E-state index in [-0.39, 0.29) is 6.04 Å². The molecule has 5 nitrogen and oxygen atoms in total. The predicted octanol–water partition coefficient (Wildman–Crippen LogP) is 2.63. The number of pyridine rings is 1. The maximum absolute atomic E-state index is 12.8. The van der Waals surface area contributed by atoms with Crippen LogP contribution in [0.5, 0.6) is 0 Å². The van der Waals surface area contributed by atoms with Crippen molar-refractivity contribution < 1.29 is 8.42 Å². The first-order valence-electron chi connectivity index (χ1n) is 7.08. The second-order valence-electron chi connectivity index (χ2n) is 5.06. The van der Waals surface area contributed by atoms with Gasteiger partial charge in [0.1, 0.15) is 5.82 Å². The van der Waals surface area contributed by atoms with Gasteiger partial charge in [0.25, 0.3) is 0 Å². The van der Waals surface area contributed by atoms with Crippen LogP contribution in [0.15, 0.2) is 35.2 Å². The van der Waals surface area contributed by atoms with Gasteiger partial charge in [0.05, 0.1) is 10.4 Å². The number of nitrogens with two attached hydrogens (primary N) is 1. The topological polar surface area (TPSA) is 76.3 Å². The molecule has 0 saturated carbocycles. The highest BCUT2D eigenvalue weighted by molar-refractivity contribution is 7.89. The largest absolute Gasteiger partial charge is 0.384 e. The van der Waals surface area contributed by atoms with Crippen LogP contribution in [0.1, 0.15) is 27.2 Å². The molecule has 114 valence electrons. The Morgan fingerprint density at radius 3 is 2.57 bits per heavy atom. The standard InChI is InChI=1S/C15H21N3O2S/c1-4-11(3)18(5-2)21(19,20)13-7-8-14-12(10-13)6-9-15(16)17-14/h6-11H,4-5H2,1-3H3,(H2,16,17). The van der Waals surface area contributed by atoms with Gasteiger partial charge in [0, 0.05) is 18.0 Å². The fourth-order valence-corrected chi connectivity index (χ4v) is 4.09. The van der Waals surface area contributed by atoms with Gasteiger partial charge in [-0.1, -0.05) is 13.8 Å². The molecule has 1 unspecified atom stereocenters. The summed E-state index contributed by atoms with van der Waals surface area (Å²) >= 11 is 0. The van der Waals surface area contributed by atoms with Gasteiger partial charge in [-0.25, -0.2) is 13.4 Å². The lowest BCUT2D eigenvalue weighted by Crippen LogP contribution is -2.38. The number of hydrogen-bond acceptors (Lipinski definition) is 4. The van der Waals surface area contributed by atoms with Crippen molar-refractivity contribution in [3.63, 3.8) is 0 Å². The maximum Gasteiger partial charge on any atom is 0.243 e. The van der Waals surface area contributed by atoms with Crippen molar-refractivity contribution in [2.24, 2.45) is 0 Å². The molecule has 1 aromatic heterocycles. The van der Waals surface area contributed by atoms with Crippen LogP contribution in [0.25, 0.3) is 10.9 Å². The van der Waals surface area contributed by atoms with Gasteiger partial charge in [-0.15, -0.1) is 0 Å². The van der Waals surface area contributed by atoms with Crippen molar-refractivity contribution in [3.05, 3.63) is 30.3 Å². The number of benzene rings is 1. The fourth-order valence-electron chi connectivity index (χ4n) is 2.34. The highest BCUT2D eigenvalue weighted by Crippen LogP contribution is 2.23. The lowest BCUT2D eigenvalue weighted by atomic mass is 10.2. The van der Waals surface area contributed by atoms with Gasteiger partial charge in [-0.2, -0.15) is 4.31 Å². The van der Waals surface area contributed by atoms with Gasteiger partial charge in [0.2, 0.25) is 10.0 Å². The summed E-state index contributed by atoms with van der Waals surface area (Å²) in [5, 5.41) is 0.769. The lowest BCUT2D eigenvalue weighted by molar-refractivity contribution is 0.342.